The first-order valence-corrected chi connectivity index (χ1v) is 32.8. The number of ether oxygens (including phenoxy) is 2. The van der Waals surface area contributed by atoms with Crippen LogP contribution in [0.4, 0.5) is 0 Å². The van der Waals surface area contributed by atoms with Crippen molar-refractivity contribution in [2.75, 3.05) is 59.5 Å². The number of amides is 1. The van der Waals surface area contributed by atoms with Crippen LogP contribution in [0.5, 0.6) is 0 Å². The third-order valence-corrected chi connectivity index (χ3v) is 15.6. The van der Waals surface area contributed by atoms with Crippen molar-refractivity contribution in [3.8, 4) is 0 Å². The van der Waals surface area contributed by atoms with Crippen LogP contribution in [0.25, 0.3) is 0 Å². The minimum Gasteiger partial charge on any atom is -0.465 e. The molecule has 2 atom stereocenters. The number of likely N-dealkylation sites (N-methyl/N-ethyl adjacent to an activating group) is 1. The van der Waals surface area contributed by atoms with Crippen molar-refractivity contribution < 1.29 is 23.9 Å². The fraction of sp³-hybridized carbons (Fsp3) is 0.954. The Balaban J connectivity index is 4.86. The van der Waals surface area contributed by atoms with E-state index < -0.39 is 0 Å². The summed E-state index contributed by atoms with van der Waals surface area (Å²) >= 11 is 0. The zero-order valence-electron chi connectivity index (χ0n) is 50.3. The lowest BCUT2D eigenvalue weighted by Gasteiger charge is -2.25. The van der Waals surface area contributed by atoms with E-state index in [-0.39, 0.29) is 17.8 Å². The predicted octanol–water partition coefficient (Wildman–Crippen LogP) is 18.7. The Kier molecular flexibility index (Phi) is 56.7. The first-order chi connectivity index (χ1) is 35.8. The summed E-state index contributed by atoms with van der Waals surface area (Å²) in [6, 6.07) is 0. The van der Waals surface area contributed by atoms with Gasteiger partial charge in [0.25, 0.3) is 0 Å². The molecule has 0 aromatic heterocycles. The molecule has 0 saturated heterocycles. The van der Waals surface area contributed by atoms with E-state index in [0.29, 0.717) is 44.3 Å². The van der Waals surface area contributed by atoms with Crippen molar-refractivity contribution in [2.24, 2.45) is 11.8 Å². The van der Waals surface area contributed by atoms with E-state index in [0.717, 1.165) is 97.1 Å². The summed E-state index contributed by atoms with van der Waals surface area (Å²) < 4.78 is 11.8. The Morgan fingerprint density at radius 1 is 0.342 bits per heavy atom. The molecule has 0 heterocycles. The second-order valence-corrected chi connectivity index (χ2v) is 23.0. The van der Waals surface area contributed by atoms with E-state index in [1.165, 1.54) is 218 Å². The summed E-state index contributed by atoms with van der Waals surface area (Å²) in [4.78, 5) is 43.3. The van der Waals surface area contributed by atoms with Crippen LogP contribution in [0.3, 0.4) is 0 Å². The van der Waals surface area contributed by atoms with Crippen LogP contribution in [0.15, 0.2) is 0 Å². The van der Waals surface area contributed by atoms with Gasteiger partial charge in [-0.15, -0.1) is 0 Å². The minimum absolute atomic E-state index is 0.0114. The first-order valence-electron chi connectivity index (χ1n) is 32.8. The van der Waals surface area contributed by atoms with Gasteiger partial charge in [0.05, 0.1) is 13.2 Å². The van der Waals surface area contributed by atoms with Gasteiger partial charge in [0.1, 0.15) is 0 Å². The van der Waals surface area contributed by atoms with E-state index in [4.69, 9.17) is 9.47 Å². The maximum atomic E-state index is 12.9. The summed E-state index contributed by atoms with van der Waals surface area (Å²) in [6.07, 6.45) is 54.9. The molecule has 1 N–H and O–H groups in total. The highest BCUT2D eigenvalue weighted by atomic mass is 16.5. The average molecular weight is 1030 g/mol. The molecule has 0 aliphatic rings. The van der Waals surface area contributed by atoms with Crippen LogP contribution in [0.2, 0.25) is 0 Å². The summed E-state index contributed by atoms with van der Waals surface area (Å²) in [6.45, 7) is 18.5. The molecule has 0 fully saturated rings. The quantitative estimate of drug-likeness (QED) is 0.0480. The normalized spacial score (nSPS) is 12.5. The number of rotatable bonds is 60. The third kappa shape index (κ3) is 53.5. The fourth-order valence-corrected chi connectivity index (χ4v) is 10.4. The fourth-order valence-electron chi connectivity index (χ4n) is 10.4. The number of hydrogen-bond donors (Lipinski definition) is 1. The maximum absolute atomic E-state index is 12.9. The molecule has 0 rings (SSSR count). The van der Waals surface area contributed by atoms with Gasteiger partial charge in [-0.3, -0.25) is 14.4 Å². The Morgan fingerprint density at radius 3 is 1.05 bits per heavy atom. The maximum Gasteiger partial charge on any atom is 0.305 e. The Labute approximate surface area is 456 Å². The summed E-state index contributed by atoms with van der Waals surface area (Å²) in [7, 11) is 2.23. The molecule has 0 aliphatic carbocycles. The molecule has 0 saturated carbocycles. The average Bonchev–Trinajstić information content (AvgIpc) is 3.39. The van der Waals surface area contributed by atoms with E-state index in [1.807, 2.05) is 0 Å². The highest BCUT2D eigenvalue weighted by Gasteiger charge is 2.15. The van der Waals surface area contributed by atoms with Crippen molar-refractivity contribution in [3.05, 3.63) is 0 Å². The Bertz CT molecular complexity index is 1100. The molecule has 0 aromatic rings. The number of carbonyl (C=O) groups excluding carboxylic acids is 3. The molecule has 2 unspecified atom stereocenters. The standard InChI is InChI=1S/C65H129N3O5/c1-7-12-17-22-25-26-27-28-29-32-39-50-63(69)66-53-42-45-54-67(6)57-58-68(55-43-33-40-51-64(70)72-59-61(46-35-20-15-10-4)48-37-30-23-18-13-8-2)56-44-34-41-52-65(71)73-60-62(47-36-21-16-11-5)49-38-31-24-19-14-9-3/h61-62H,7-60H2,1-6H3,(H,66,69). The van der Waals surface area contributed by atoms with Gasteiger partial charge < -0.3 is 24.6 Å². The van der Waals surface area contributed by atoms with Crippen LogP contribution in [0.1, 0.15) is 330 Å². The van der Waals surface area contributed by atoms with Crippen LogP contribution >= 0.6 is 0 Å². The van der Waals surface area contributed by atoms with Crippen LogP contribution in [-0.4, -0.2) is 87.2 Å². The lowest BCUT2D eigenvalue weighted by Crippen LogP contribution is -2.35. The molecule has 434 valence electrons. The molecule has 0 aromatic carbocycles. The van der Waals surface area contributed by atoms with Gasteiger partial charge in [-0.25, -0.2) is 0 Å². The molecule has 8 nitrogen and oxygen atoms in total. The Hall–Kier alpha value is -1.67. The van der Waals surface area contributed by atoms with Crippen LogP contribution in [-0.2, 0) is 23.9 Å². The number of esters is 2. The number of unbranched alkanes of at least 4 members (excludes halogenated alkanes) is 31. The SMILES string of the molecule is CCCCCCCCCCCCCC(=O)NCCCCN(C)CCN(CCCCCC(=O)OCC(CCCCCC)CCCCCCCC)CCCCCC(=O)OCC(CCCCCC)CCCCCCCC. The Morgan fingerprint density at radius 2 is 0.658 bits per heavy atom. The van der Waals surface area contributed by atoms with Crippen LogP contribution < -0.4 is 5.32 Å². The zero-order valence-corrected chi connectivity index (χ0v) is 50.3. The molecule has 73 heavy (non-hydrogen) atoms. The number of hydrogen-bond acceptors (Lipinski definition) is 7. The van der Waals surface area contributed by atoms with Gasteiger partial charge in [0.2, 0.25) is 5.91 Å². The largest absolute Gasteiger partial charge is 0.465 e. The first kappa shape index (κ1) is 71.3. The van der Waals surface area contributed by atoms with E-state index in [2.05, 4.69) is 56.8 Å². The van der Waals surface area contributed by atoms with Gasteiger partial charge in [0.15, 0.2) is 0 Å². The third-order valence-electron chi connectivity index (χ3n) is 15.6. The summed E-state index contributed by atoms with van der Waals surface area (Å²) in [5.74, 6) is 1.22. The molecule has 0 spiro atoms. The molecule has 0 radical (unpaired) electrons. The van der Waals surface area contributed by atoms with E-state index >= 15 is 0 Å². The van der Waals surface area contributed by atoms with Crippen molar-refractivity contribution in [1.29, 1.82) is 0 Å². The molecular formula is C65H129N3O5. The second-order valence-electron chi connectivity index (χ2n) is 23.0. The van der Waals surface area contributed by atoms with Crippen LogP contribution in [0, 0.1) is 11.8 Å². The molecule has 0 bridgehead atoms. The molecule has 0 aliphatic heterocycles. The monoisotopic (exact) mass is 1030 g/mol. The summed E-state index contributed by atoms with van der Waals surface area (Å²) in [5, 5.41) is 3.17. The number of nitrogens with zero attached hydrogens (tertiary/aromatic N) is 2. The van der Waals surface area contributed by atoms with E-state index in [1.54, 1.807) is 0 Å². The highest BCUT2D eigenvalue weighted by molar-refractivity contribution is 5.75. The predicted molar refractivity (Wildman–Crippen MR) is 317 cm³/mol. The number of carbonyl (C=O) groups is 3. The lowest BCUT2D eigenvalue weighted by molar-refractivity contribution is -0.146. The van der Waals surface area contributed by atoms with Gasteiger partial charge in [-0.2, -0.15) is 0 Å². The smallest absolute Gasteiger partial charge is 0.305 e. The van der Waals surface area contributed by atoms with Crippen molar-refractivity contribution in [2.45, 2.75) is 330 Å². The van der Waals surface area contributed by atoms with Crippen molar-refractivity contribution in [3.63, 3.8) is 0 Å². The minimum atomic E-state index is -0.0114. The number of nitrogens with one attached hydrogen (secondary N) is 1. The molecular weight excluding hydrogens is 903 g/mol. The topological polar surface area (TPSA) is 88.2 Å². The van der Waals surface area contributed by atoms with Crippen molar-refractivity contribution in [1.82, 2.24) is 15.1 Å². The molecule has 1 amide bonds. The second kappa shape index (κ2) is 58.0. The highest BCUT2D eigenvalue weighted by Crippen LogP contribution is 2.22. The lowest BCUT2D eigenvalue weighted by atomic mass is 9.95. The van der Waals surface area contributed by atoms with E-state index in [9.17, 15) is 14.4 Å². The van der Waals surface area contributed by atoms with Crippen molar-refractivity contribution >= 4 is 17.8 Å². The van der Waals surface area contributed by atoms with Gasteiger partial charge in [0, 0.05) is 38.9 Å². The zero-order chi connectivity index (χ0) is 53.3. The van der Waals surface area contributed by atoms with Gasteiger partial charge in [-0.1, -0.05) is 240 Å². The molecule has 8 heteroatoms. The summed E-state index contributed by atoms with van der Waals surface area (Å²) in [5.41, 5.74) is 0. The van der Waals surface area contributed by atoms with Gasteiger partial charge in [-0.05, 0) is 109 Å². The van der Waals surface area contributed by atoms with Gasteiger partial charge >= 0.3 is 11.9 Å².